The Bertz CT molecular complexity index is 110. The third-order valence-electron chi connectivity index (χ3n) is 1.76. The summed E-state index contributed by atoms with van der Waals surface area (Å²) in [5.74, 6) is 0. The Morgan fingerprint density at radius 2 is 2.40 bits per heavy atom. The monoisotopic (exact) mass is 146 g/mol. The van der Waals surface area contributed by atoms with Gasteiger partial charge in [-0.15, -0.1) is 0 Å². The number of ether oxygens (including phenoxy) is 2. The van der Waals surface area contributed by atoms with Gasteiger partial charge in [-0.3, -0.25) is 0 Å². The molecule has 60 valence electrons. The van der Waals surface area contributed by atoms with Gasteiger partial charge in [-0.05, 0) is 0 Å². The van der Waals surface area contributed by atoms with E-state index in [1.54, 1.807) is 7.11 Å². The molecule has 1 unspecified atom stereocenters. The molecule has 4 N–H and O–H groups in total. The molecule has 1 rings (SSSR count). The second-order valence-corrected chi connectivity index (χ2v) is 2.48. The van der Waals surface area contributed by atoms with E-state index in [0.717, 1.165) is 6.42 Å². The Morgan fingerprint density at radius 3 is 2.70 bits per heavy atom. The lowest BCUT2D eigenvalue weighted by molar-refractivity contribution is -0.112. The first kappa shape index (κ1) is 7.94. The molecule has 0 radical (unpaired) electrons. The highest BCUT2D eigenvalue weighted by Crippen LogP contribution is 2.17. The van der Waals surface area contributed by atoms with Gasteiger partial charge in [0.1, 0.15) is 0 Å². The van der Waals surface area contributed by atoms with Crippen LogP contribution in [0.15, 0.2) is 0 Å². The summed E-state index contributed by atoms with van der Waals surface area (Å²) in [6.07, 6.45) is 0.576. The highest BCUT2D eigenvalue weighted by atomic mass is 16.7. The fourth-order valence-electron chi connectivity index (χ4n) is 1.11. The summed E-state index contributed by atoms with van der Waals surface area (Å²) >= 11 is 0. The van der Waals surface area contributed by atoms with Gasteiger partial charge in [0.15, 0.2) is 6.29 Å². The van der Waals surface area contributed by atoms with Crippen LogP contribution in [0, 0.1) is 0 Å². The smallest absolute Gasteiger partial charge is 0.159 e. The fourth-order valence-corrected chi connectivity index (χ4v) is 1.11. The van der Waals surface area contributed by atoms with Crippen LogP contribution < -0.4 is 11.5 Å². The second-order valence-electron chi connectivity index (χ2n) is 2.48. The van der Waals surface area contributed by atoms with Gasteiger partial charge in [-0.25, -0.2) is 0 Å². The maximum Gasteiger partial charge on any atom is 0.159 e. The zero-order valence-electron chi connectivity index (χ0n) is 6.12. The van der Waals surface area contributed by atoms with Crippen molar-refractivity contribution in [2.75, 3.05) is 13.7 Å². The summed E-state index contributed by atoms with van der Waals surface area (Å²) < 4.78 is 10.3. The van der Waals surface area contributed by atoms with E-state index in [2.05, 4.69) is 0 Å². The molecule has 0 amide bonds. The molecule has 0 spiro atoms. The van der Waals surface area contributed by atoms with Gasteiger partial charge in [0.2, 0.25) is 0 Å². The molecule has 0 aliphatic carbocycles. The van der Waals surface area contributed by atoms with E-state index >= 15 is 0 Å². The summed E-state index contributed by atoms with van der Waals surface area (Å²) in [6.45, 7) is 0.473. The van der Waals surface area contributed by atoms with Gasteiger partial charge in [0.05, 0.1) is 6.10 Å². The molecule has 4 heteroatoms. The highest BCUT2D eigenvalue weighted by Gasteiger charge is 2.31. The number of hydrogen-bond donors (Lipinski definition) is 2. The molecule has 1 aliphatic heterocycles. The molecule has 10 heavy (non-hydrogen) atoms. The van der Waals surface area contributed by atoms with Crippen LogP contribution in [0.25, 0.3) is 0 Å². The van der Waals surface area contributed by atoms with Crippen molar-refractivity contribution in [2.45, 2.75) is 24.9 Å². The first-order valence-electron chi connectivity index (χ1n) is 3.42. The van der Waals surface area contributed by atoms with E-state index in [4.69, 9.17) is 20.9 Å². The van der Waals surface area contributed by atoms with Crippen LogP contribution in [0.3, 0.4) is 0 Å². The van der Waals surface area contributed by atoms with Crippen molar-refractivity contribution in [2.24, 2.45) is 11.5 Å². The number of rotatable bonds is 2. The Hall–Kier alpha value is -0.160. The molecule has 0 bridgehead atoms. The van der Waals surface area contributed by atoms with Gasteiger partial charge >= 0.3 is 0 Å². The van der Waals surface area contributed by atoms with Gasteiger partial charge < -0.3 is 20.9 Å². The van der Waals surface area contributed by atoms with Crippen molar-refractivity contribution in [1.82, 2.24) is 0 Å². The van der Waals surface area contributed by atoms with E-state index < -0.39 is 0 Å². The molecule has 1 fully saturated rings. The van der Waals surface area contributed by atoms with Crippen molar-refractivity contribution in [1.29, 1.82) is 0 Å². The quantitative estimate of drug-likeness (QED) is 0.526. The molecular weight excluding hydrogens is 132 g/mol. The van der Waals surface area contributed by atoms with Crippen molar-refractivity contribution >= 4 is 0 Å². The summed E-state index contributed by atoms with van der Waals surface area (Å²) in [5.41, 5.74) is 11.1. The Balaban J connectivity index is 2.36. The largest absolute Gasteiger partial charge is 0.356 e. The molecule has 0 aromatic heterocycles. The molecule has 1 heterocycles. The standard InChI is InChI=1S/C6H14N2O2/c1-9-6-2-4(8)5(3-7)10-6/h4-6H,2-3,7-8H2,1H3/t4-,5+,6?/m0/s1. The van der Waals surface area contributed by atoms with Crippen molar-refractivity contribution in [3.63, 3.8) is 0 Å². The van der Waals surface area contributed by atoms with Gasteiger partial charge in [0.25, 0.3) is 0 Å². The van der Waals surface area contributed by atoms with Crippen LogP contribution in [0.5, 0.6) is 0 Å². The zero-order chi connectivity index (χ0) is 7.56. The Labute approximate surface area is 60.5 Å². The lowest BCUT2D eigenvalue weighted by Crippen LogP contribution is -2.35. The summed E-state index contributed by atoms with van der Waals surface area (Å²) in [4.78, 5) is 0. The summed E-state index contributed by atoms with van der Waals surface area (Å²) in [6, 6.07) is 0.0370. The van der Waals surface area contributed by atoms with E-state index in [1.165, 1.54) is 0 Å². The average molecular weight is 146 g/mol. The fraction of sp³-hybridized carbons (Fsp3) is 1.00. The third kappa shape index (κ3) is 1.46. The van der Waals surface area contributed by atoms with Crippen molar-refractivity contribution in [3.8, 4) is 0 Å². The maximum atomic E-state index is 5.67. The lowest BCUT2D eigenvalue weighted by atomic mass is 10.1. The lowest BCUT2D eigenvalue weighted by Gasteiger charge is -2.10. The van der Waals surface area contributed by atoms with Crippen LogP contribution in [-0.2, 0) is 9.47 Å². The molecule has 0 saturated carbocycles. The van der Waals surface area contributed by atoms with Crippen molar-refractivity contribution in [3.05, 3.63) is 0 Å². The predicted molar refractivity (Wildman–Crippen MR) is 37.3 cm³/mol. The van der Waals surface area contributed by atoms with E-state index in [0.29, 0.717) is 6.54 Å². The minimum atomic E-state index is -0.149. The molecule has 3 atom stereocenters. The predicted octanol–water partition coefficient (Wildman–Crippen LogP) is -0.966. The van der Waals surface area contributed by atoms with Gasteiger partial charge in [0, 0.05) is 26.1 Å². The van der Waals surface area contributed by atoms with E-state index in [-0.39, 0.29) is 18.4 Å². The minimum absolute atomic E-state index is 0.0232. The van der Waals surface area contributed by atoms with Crippen LogP contribution in [0.2, 0.25) is 0 Å². The molecule has 1 saturated heterocycles. The van der Waals surface area contributed by atoms with Crippen molar-refractivity contribution < 1.29 is 9.47 Å². The molecule has 4 nitrogen and oxygen atoms in total. The molecular formula is C6H14N2O2. The zero-order valence-corrected chi connectivity index (χ0v) is 6.12. The van der Waals surface area contributed by atoms with Crippen LogP contribution in [0.4, 0.5) is 0 Å². The second kappa shape index (κ2) is 3.30. The van der Waals surface area contributed by atoms with Gasteiger partial charge in [-0.2, -0.15) is 0 Å². The van der Waals surface area contributed by atoms with E-state index in [9.17, 15) is 0 Å². The van der Waals surface area contributed by atoms with Crippen LogP contribution in [-0.4, -0.2) is 32.1 Å². The highest BCUT2D eigenvalue weighted by molar-refractivity contribution is 4.81. The average Bonchev–Trinajstić information content (AvgIpc) is 2.30. The molecule has 0 aromatic rings. The van der Waals surface area contributed by atoms with Crippen LogP contribution in [0.1, 0.15) is 6.42 Å². The third-order valence-corrected chi connectivity index (χ3v) is 1.76. The summed E-state index contributed by atoms with van der Waals surface area (Å²) in [7, 11) is 1.61. The SMILES string of the molecule is COC1C[C@H](N)[C@@H](CN)O1. The van der Waals surface area contributed by atoms with E-state index in [1.807, 2.05) is 0 Å². The number of nitrogens with two attached hydrogens (primary N) is 2. The summed E-state index contributed by atoms with van der Waals surface area (Å²) in [5, 5.41) is 0. The first-order chi connectivity index (χ1) is 4.77. The van der Waals surface area contributed by atoms with Gasteiger partial charge in [-0.1, -0.05) is 0 Å². The normalized spacial score (nSPS) is 40.5. The Kier molecular flexibility index (Phi) is 2.62. The van der Waals surface area contributed by atoms with Crippen LogP contribution >= 0.6 is 0 Å². The topological polar surface area (TPSA) is 70.5 Å². The first-order valence-corrected chi connectivity index (χ1v) is 3.42. The Morgan fingerprint density at radius 1 is 1.70 bits per heavy atom. The molecule has 0 aromatic carbocycles. The minimum Gasteiger partial charge on any atom is -0.356 e. The molecule has 1 aliphatic rings. The maximum absolute atomic E-state index is 5.67. The number of methoxy groups -OCH3 is 1. The number of hydrogen-bond acceptors (Lipinski definition) is 4.